The summed E-state index contributed by atoms with van der Waals surface area (Å²) in [5.41, 5.74) is -0.387. The van der Waals surface area contributed by atoms with E-state index < -0.39 is 0 Å². The summed E-state index contributed by atoms with van der Waals surface area (Å²) in [5, 5.41) is 0. The van der Waals surface area contributed by atoms with Crippen LogP contribution in [-0.2, 0) is 9.53 Å². The molecular weight excluding hydrogens is 284 g/mol. The highest BCUT2D eigenvalue weighted by atomic mass is 16.5. The number of unbranched alkanes of at least 4 members (excludes halogenated alkanes) is 9. The molecule has 1 atom stereocenters. The number of hydrogen-bond donors (Lipinski definition) is 0. The highest BCUT2D eigenvalue weighted by Crippen LogP contribution is 2.21. The lowest BCUT2D eigenvalue weighted by atomic mass is 9.96. The minimum absolute atomic E-state index is 0.0408. The average molecular weight is 327 g/mol. The van der Waals surface area contributed by atoms with Crippen LogP contribution in [0.3, 0.4) is 0 Å². The molecule has 0 aromatic rings. The molecular formula is C21H42O2. The molecule has 0 aliphatic carbocycles. The van der Waals surface area contributed by atoms with Crippen LogP contribution in [0.1, 0.15) is 118 Å². The van der Waals surface area contributed by atoms with Crippen LogP contribution in [0.25, 0.3) is 0 Å². The summed E-state index contributed by atoms with van der Waals surface area (Å²) in [4.78, 5) is 12.1. The molecule has 0 saturated carbocycles. The third kappa shape index (κ3) is 13.6. The molecule has 2 heteroatoms. The molecule has 0 radical (unpaired) electrons. The predicted molar refractivity (Wildman–Crippen MR) is 101 cm³/mol. The lowest BCUT2D eigenvalue weighted by molar-refractivity contribution is -0.159. The summed E-state index contributed by atoms with van der Waals surface area (Å²) >= 11 is 0. The van der Waals surface area contributed by atoms with Crippen LogP contribution >= 0.6 is 0 Å². The summed E-state index contributed by atoms with van der Waals surface area (Å²) in [5.74, 6) is -0.0408. The van der Waals surface area contributed by atoms with Gasteiger partial charge in [0, 0.05) is 0 Å². The molecule has 2 nitrogen and oxygen atoms in total. The van der Waals surface area contributed by atoms with Crippen molar-refractivity contribution in [2.24, 2.45) is 5.41 Å². The second-order valence-corrected chi connectivity index (χ2v) is 8.04. The van der Waals surface area contributed by atoms with Crippen LogP contribution in [0.2, 0.25) is 0 Å². The Morgan fingerprint density at radius 2 is 1.13 bits per heavy atom. The molecule has 138 valence electrons. The first-order chi connectivity index (χ1) is 10.9. The summed E-state index contributed by atoms with van der Waals surface area (Å²) in [6, 6.07) is 0. The zero-order valence-corrected chi connectivity index (χ0v) is 16.6. The summed E-state index contributed by atoms with van der Waals surface area (Å²) in [6.45, 7) is 10.3. The van der Waals surface area contributed by atoms with Crippen LogP contribution in [0.15, 0.2) is 0 Å². The number of carbonyl (C=O) groups excluding carboxylic acids is 1. The van der Waals surface area contributed by atoms with Gasteiger partial charge in [-0.05, 0) is 46.5 Å². The lowest BCUT2D eigenvalue weighted by Gasteiger charge is -2.23. The molecule has 0 bridgehead atoms. The number of ether oxygens (including phenoxy) is 1. The van der Waals surface area contributed by atoms with Gasteiger partial charge >= 0.3 is 5.97 Å². The molecule has 0 spiro atoms. The first-order valence-corrected chi connectivity index (χ1v) is 10.1. The van der Waals surface area contributed by atoms with Gasteiger partial charge in [0.05, 0.1) is 5.41 Å². The van der Waals surface area contributed by atoms with Gasteiger partial charge in [-0.15, -0.1) is 0 Å². The third-order valence-corrected chi connectivity index (χ3v) is 4.40. The minimum atomic E-state index is -0.387. The van der Waals surface area contributed by atoms with Gasteiger partial charge < -0.3 is 4.74 Å². The Hall–Kier alpha value is -0.530. The van der Waals surface area contributed by atoms with Gasteiger partial charge in [0.2, 0.25) is 0 Å². The van der Waals surface area contributed by atoms with E-state index in [1.807, 2.05) is 20.8 Å². The maximum Gasteiger partial charge on any atom is 0.311 e. The first kappa shape index (κ1) is 22.5. The van der Waals surface area contributed by atoms with Crippen molar-refractivity contribution >= 4 is 5.97 Å². The fraction of sp³-hybridized carbons (Fsp3) is 0.952. The zero-order chi connectivity index (χ0) is 17.6. The summed E-state index contributed by atoms with van der Waals surface area (Å²) in [6.07, 6.45) is 16.4. The Balaban J connectivity index is 4.03. The normalized spacial score (nSPS) is 13.1. The monoisotopic (exact) mass is 326 g/mol. The van der Waals surface area contributed by atoms with E-state index in [-0.39, 0.29) is 17.5 Å². The van der Waals surface area contributed by atoms with Gasteiger partial charge in [-0.3, -0.25) is 4.79 Å². The first-order valence-electron chi connectivity index (χ1n) is 10.1. The molecule has 0 fully saturated rings. The number of rotatable bonds is 14. The maximum atomic E-state index is 12.1. The van der Waals surface area contributed by atoms with Gasteiger partial charge in [0.25, 0.3) is 0 Å². The van der Waals surface area contributed by atoms with E-state index in [0.717, 1.165) is 12.8 Å². The molecule has 0 aliphatic heterocycles. The molecule has 0 aliphatic rings. The summed E-state index contributed by atoms with van der Waals surface area (Å²) < 4.78 is 5.80. The van der Waals surface area contributed by atoms with E-state index in [0.29, 0.717) is 0 Å². The van der Waals surface area contributed by atoms with Gasteiger partial charge in [-0.1, -0.05) is 71.6 Å². The van der Waals surface area contributed by atoms with E-state index in [1.54, 1.807) is 0 Å². The van der Waals surface area contributed by atoms with E-state index in [9.17, 15) is 4.79 Å². The molecule has 0 amide bonds. The summed E-state index contributed by atoms with van der Waals surface area (Å²) in [7, 11) is 0. The van der Waals surface area contributed by atoms with Gasteiger partial charge in [-0.2, -0.15) is 0 Å². The van der Waals surface area contributed by atoms with E-state index in [1.165, 1.54) is 70.6 Å². The molecule has 0 saturated heterocycles. The minimum Gasteiger partial charge on any atom is -0.462 e. The Labute approximate surface area is 145 Å². The molecule has 0 rings (SSSR count). The molecule has 0 heterocycles. The largest absolute Gasteiger partial charge is 0.462 e. The van der Waals surface area contributed by atoms with Crippen molar-refractivity contribution in [3.05, 3.63) is 0 Å². The quantitative estimate of drug-likeness (QED) is 0.252. The second-order valence-electron chi connectivity index (χ2n) is 8.04. The number of carbonyl (C=O) groups is 1. The molecule has 23 heavy (non-hydrogen) atoms. The van der Waals surface area contributed by atoms with Crippen LogP contribution in [0, 0.1) is 5.41 Å². The maximum absolute atomic E-state index is 12.1. The van der Waals surface area contributed by atoms with Crippen molar-refractivity contribution in [2.75, 3.05) is 0 Å². The SMILES string of the molecule is CCCCCCCCCC(CCCCCC)OC(=O)C(C)(C)C. The second kappa shape index (κ2) is 13.9. The zero-order valence-electron chi connectivity index (χ0n) is 16.6. The Morgan fingerprint density at radius 3 is 1.57 bits per heavy atom. The van der Waals surface area contributed by atoms with Crippen molar-refractivity contribution in [3.63, 3.8) is 0 Å². The Morgan fingerprint density at radius 1 is 0.739 bits per heavy atom. The fourth-order valence-corrected chi connectivity index (χ4v) is 2.72. The van der Waals surface area contributed by atoms with E-state index in [2.05, 4.69) is 13.8 Å². The van der Waals surface area contributed by atoms with Gasteiger partial charge in [-0.25, -0.2) is 0 Å². The molecule has 0 aromatic heterocycles. The van der Waals surface area contributed by atoms with E-state index in [4.69, 9.17) is 4.74 Å². The van der Waals surface area contributed by atoms with Crippen molar-refractivity contribution in [1.82, 2.24) is 0 Å². The van der Waals surface area contributed by atoms with Crippen LogP contribution < -0.4 is 0 Å². The molecule has 0 aromatic carbocycles. The average Bonchev–Trinajstić information content (AvgIpc) is 2.49. The van der Waals surface area contributed by atoms with Gasteiger partial charge in [0.15, 0.2) is 0 Å². The standard InChI is InChI=1S/C21H42O2/c1-6-8-10-12-13-14-16-18-19(17-15-11-9-7-2)23-20(22)21(3,4)5/h19H,6-18H2,1-5H3. The van der Waals surface area contributed by atoms with Crippen molar-refractivity contribution < 1.29 is 9.53 Å². The van der Waals surface area contributed by atoms with Crippen LogP contribution in [0.4, 0.5) is 0 Å². The lowest BCUT2D eigenvalue weighted by Crippen LogP contribution is -2.28. The van der Waals surface area contributed by atoms with Crippen LogP contribution in [0.5, 0.6) is 0 Å². The predicted octanol–water partition coefficient (Wildman–Crippen LogP) is 7.06. The van der Waals surface area contributed by atoms with E-state index >= 15 is 0 Å². The Bertz CT molecular complexity index is 278. The number of esters is 1. The van der Waals surface area contributed by atoms with Crippen molar-refractivity contribution in [3.8, 4) is 0 Å². The highest BCUT2D eigenvalue weighted by molar-refractivity contribution is 5.75. The fourth-order valence-electron chi connectivity index (χ4n) is 2.72. The molecule has 1 unspecified atom stereocenters. The highest BCUT2D eigenvalue weighted by Gasteiger charge is 2.26. The van der Waals surface area contributed by atoms with Crippen LogP contribution in [-0.4, -0.2) is 12.1 Å². The topological polar surface area (TPSA) is 26.3 Å². The molecule has 0 N–H and O–H groups in total. The van der Waals surface area contributed by atoms with Gasteiger partial charge in [0.1, 0.15) is 6.10 Å². The van der Waals surface area contributed by atoms with Crippen molar-refractivity contribution in [1.29, 1.82) is 0 Å². The third-order valence-electron chi connectivity index (χ3n) is 4.40. The Kier molecular flexibility index (Phi) is 13.5. The smallest absolute Gasteiger partial charge is 0.311 e. The number of hydrogen-bond acceptors (Lipinski definition) is 2. The van der Waals surface area contributed by atoms with Crippen molar-refractivity contribution in [2.45, 2.75) is 124 Å².